The minimum Gasteiger partial charge on any atom is -0.326 e. The molecule has 1 unspecified atom stereocenters. The molecule has 1 atom stereocenters. The summed E-state index contributed by atoms with van der Waals surface area (Å²) in [5.74, 6) is -0.408. The molecule has 2 aromatic carbocycles. The molecule has 1 N–H and O–H groups in total. The second kappa shape index (κ2) is 7.89. The molecule has 30 heavy (non-hydrogen) atoms. The zero-order valence-corrected chi connectivity index (χ0v) is 18.0. The van der Waals surface area contributed by atoms with Crippen molar-refractivity contribution < 1.29 is 14.5 Å². The number of aryl methyl sites for hydroxylation is 2. The van der Waals surface area contributed by atoms with Crippen LogP contribution in [-0.2, 0) is 16.0 Å². The van der Waals surface area contributed by atoms with Gasteiger partial charge in [-0.25, -0.2) is 0 Å². The number of nitro benzene ring substituents is 1. The van der Waals surface area contributed by atoms with Crippen molar-refractivity contribution in [2.24, 2.45) is 5.41 Å². The number of benzene rings is 2. The summed E-state index contributed by atoms with van der Waals surface area (Å²) in [6.07, 6.45) is 0.692. The molecule has 3 rings (SSSR count). The van der Waals surface area contributed by atoms with Crippen LogP contribution in [0.15, 0.2) is 36.4 Å². The second-order valence-corrected chi connectivity index (χ2v) is 8.80. The molecule has 0 spiro atoms. The average molecular weight is 409 g/mol. The van der Waals surface area contributed by atoms with Crippen molar-refractivity contribution in [2.45, 2.75) is 47.1 Å². The lowest BCUT2D eigenvalue weighted by Crippen LogP contribution is -2.49. The van der Waals surface area contributed by atoms with Crippen LogP contribution in [-0.4, -0.2) is 28.2 Å². The van der Waals surface area contributed by atoms with Gasteiger partial charge in [0, 0.05) is 29.8 Å². The van der Waals surface area contributed by atoms with Crippen molar-refractivity contribution in [2.75, 3.05) is 11.9 Å². The molecule has 0 aliphatic carbocycles. The van der Waals surface area contributed by atoms with Gasteiger partial charge in [-0.2, -0.15) is 0 Å². The molecule has 0 saturated heterocycles. The molecular weight excluding hydrogens is 382 g/mol. The Morgan fingerprint density at radius 3 is 2.30 bits per heavy atom. The number of carbonyl (C=O) groups excluding carboxylic acids is 2. The smallest absolute Gasteiger partial charge is 0.270 e. The predicted octanol–water partition coefficient (Wildman–Crippen LogP) is 4.32. The largest absolute Gasteiger partial charge is 0.326 e. The van der Waals surface area contributed by atoms with E-state index in [0.29, 0.717) is 29.8 Å². The molecule has 2 amide bonds. The van der Waals surface area contributed by atoms with Crippen molar-refractivity contribution in [1.29, 1.82) is 0 Å². The van der Waals surface area contributed by atoms with E-state index in [1.807, 2.05) is 45.0 Å². The number of carbonyl (C=O) groups is 2. The SMILES string of the molecule is Cc1cc([N+](=O)[O-])cc(C)c1NC(=O)C1c2ccccc2CCN1C(=O)C(C)(C)C. The number of hydrogen-bond donors (Lipinski definition) is 1. The molecule has 0 saturated carbocycles. The minimum absolute atomic E-state index is 0.0180. The van der Waals surface area contributed by atoms with E-state index in [2.05, 4.69) is 5.32 Å². The van der Waals surface area contributed by atoms with Gasteiger partial charge < -0.3 is 10.2 Å². The second-order valence-electron chi connectivity index (χ2n) is 8.80. The Morgan fingerprint density at radius 2 is 1.73 bits per heavy atom. The molecule has 0 aromatic heterocycles. The molecule has 0 bridgehead atoms. The van der Waals surface area contributed by atoms with Crippen molar-refractivity contribution >= 4 is 23.2 Å². The number of amides is 2. The first-order valence-corrected chi connectivity index (χ1v) is 9.96. The fourth-order valence-electron chi connectivity index (χ4n) is 3.93. The molecule has 0 radical (unpaired) electrons. The van der Waals surface area contributed by atoms with E-state index in [-0.39, 0.29) is 17.5 Å². The van der Waals surface area contributed by atoms with Gasteiger partial charge in [0.15, 0.2) is 0 Å². The van der Waals surface area contributed by atoms with Gasteiger partial charge in [-0.05, 0) is 42.5 Å². The van der Waals surface area contributed by atoms with Crippen LogP contribution in [0.2, 0.25) is 0 Å². The first kappa shape index (κ1) is 21.5. The fraction of sp³-hybridized carbons (Fsp3) is 0.391. The number of rotatable bonds is 3. The molecule has 1 aliphatic heterocycles. The fourth-order valence-corrected chi connectivity index (χ4v) is 3.93. The molecule has 7 heteroatoms. The summed E-state index contributed by atoms with van der Waals surface area (Å²) in [5.41, 5.74) is 2.97. The Hall–Kier alpha value is -3.22. The standard InChI is InChI=1S/C23H27N3O4/c1-14-12-17(26(29)30)13-15(2)19(14)24-21(27)20-18-9-7-6-8-16(18)10-11-25(20)22(28)23(3,4)5/h6-9,12-13,20H,10-11H2,1-5H3,(H,24,27). The Labute approximate surface area is 176 Å². The van der Waals surface area contributed by atoms with Crippen molar-refractivity contribution in [3.8, 4) is 0 Å². The molecular formula is C23H27N3O4. The molecule has 1 aliphatic rings. The Balaban J connectivity index is 2.01. The summed E-state index contributed by atoms with van der Waals surface area (Å²) in [6.45, 7) is 9.44. The monoisotopic (exact) mass is 409 g/mol. The predicted molar refractivity (Wildman–Crippen MR) is 115 cm³/mol. The van der Waals surface area contributed by atoms with Crippen molar-refractivity contribution in [1.82, 2.24) is 4.90 Å². The minimum atomic E-state index is -0.754. The van der Waals surface area contributed by atoms with Crippen LogP contribution in [0.1, 0.15) is 49.1 Å². The number of hydrogen-bond acceptors (Lipinski definition) is 4. The van der Waals surface area contributed by atoms with E-state index in [4.69, 9.17) is 0 Å². The molecule has 158 valence electrons. The first-order chi connectivity index (χ1) is 14.0. The summed E-state index contributed by atoms with van der Waals surface area (Å²) in [4.78, 5) is 38.9. The van der Waals surface area contributed by atoms with E-state index in [0.717, 1.165) is 11.1 Å². The number of fused-ring (bicyclic) bond motifs is 1. The van der Waals surface area contributed by atoms with Crippen LogP contribution in [0, 0.1) is 29.4 Å². The van der Waals surface area contributed by atoms with Crippen LogP contribution in [0.4, 0.5) is 11.4 Å². The number of nitrogens with zero attached hydrogens (tertiary/aromatic N) is 2. The first-order valence-electron chi connectivity index (χ1n) is 9.96. The quantitative estimate of drug-likeness (QED) is 0.603. The Morgan fingerprint density at radius 1 is 1.13 bits per heavy atom. The van der Waals surface area contributed by atoms with Crippen molar-refractivity contribution in [3.63, 3.8) is 0 Å². The van der Waals surface area contributed by atoms with Gasteiger partial charge in [-0.3, -0.25) is 19.7 Å². The molecule has 0 fully saturated rings. The average Bonchev–Trinajstić information content (AvgIpc) is 2.68. The van der Waals surface area contributed by atoms with Gasteiger partial charge >= 0.3 is 0 Å². The van der Waals surface area contributed by atoms with Gasteiger partial charge in [0.2, 0.25) is 5.91 Å². The molecule has 1 heterocycles. The van der Waals surface area contributed by atoms with E-state index < -0.39 is 16.4 Å². The Kier molecular flexibility index (Phi) is 5.65. The van der Waals surface area contributed by atoms with Crippen LogP contribution in [0.25, 0.3) is 0 Å². The Bertz CT molecular complexity index is 1000. The number of nitro groups is 1. The molecule has 7 nitrogen and oxygen atoms in total. The lowest BCUT2D eigenvalue weighted by atomic mass is 9.87. The number of non-ortho nitro benzene ring substituents is 1. The van der Waals surface area contributed by atoms with Gasteiger partial charge in [-0.1, -0.05) is 45.0 Å². The molecule has 2 aromatic rings. The lowest BCUT2D eigenvalue weighted by Gasteiger charge is -2.39. The zero-order valence-electron chi connectivity index (χ0n) is 18.0. The third-order valence-corrected chi connectivity index (χ3v) is 5.41. The third kappa shape index (κ3) is 4.06. The highest BCUT2D eigenvalue weighted by molar-refractivity contribution is 6.00. The summed E-state index contributed by atoms with van der Waals surface area (Å²) in [6, 6.07) is 9.79. The third-order valence-electron chi connectivity index (χ3n) is 5.41. The maximum absolute atomic E-state index is 13.5. The summed E-state index contributed by atoms with van der Waals surface area (Å²) < 4.78 is 0. The zero-order chi connectivity index (χ0) is 22.2. The topological polar surface area (TPSA) is 92.6 Å². The number of anilines is 1. The van der Waals surface area contributed by atoms with E-state index in [9.17, 15) is 19.7 Å². The van der Waals surface area contributed by atoms with Gasteiger partial charge in [-0.15, -0.1) is 0 Å². The number of nitrogens with one attached hydrogen (secondary N) is 1. The maximum atomic E-state index is 13.5. The van der Waals surface area contributed by atoms with Crippen LogP contribution < -0.4 is 5.32 Å². The maximum Gasteiger partial charge on any atom is 0.270 e. The lowest BCUT2D eigenvalue weighted by molar-refractivity contribution is -0.384. The van der Waals surface area contributed by atoms with Crippen molar-refractivity contribution in [3.05, 3.63) is 68.8 Å². The summed E-state index contributed by atoms with van der Waals surface area (Å²) >= 11 is 0. The van der Waals surface area contributed by atoms with E-state index in [1.165, 1.54) is 12.1 Å². The van der Waals surface area contributed by atoms with E-state index in [1.54, 1.807) is 18.7 Å². The summed E-state index contributed by atoms with van der Waals surface area (Å²) in [7, 11) is 0. The highest BCUT2D eigenvalue weighted by Gasteiger charge is 2.39. The highest BCUT2D eigenvalue weighted by atomic mass is 16.6. The van der Waals surface area contributed by atoms with Gasteiger partial charge in [0.1, 0.15) is 6.04 Å². The van der Waals surface area contributed by atoms with Gasteiger partial charge in [0.05, 0.1) is 4.92 Å². The van der Waals surface area contributed by atoms with Gasteiger partial charge in [0.25, 0.3) is 11.6 Å². The van der Waals surface area contributed by atoms with E-state index >= 15 is 0 Å². The highest BCUT2D eigenvalue weighted by Crippen LogP contribution is 2.35. The summed E-state index contributed by atoms with van der Waals surface area (Å²) in [5, 5.41) is 14.0. The van der Waals surface area contributed by atoms with Crippen LogP contribution >= 0.6 is 0 Å². The van der Waals surface area contributed by atoms with Crippen LogP contribution in [0.5, 0.6) is 0 Å². The van der Waals surface area contributed by atoms with Crippen LogP contribution in [0.3, 0.4) is 0 Å². The normalized spacial score (nSPS) is 16.0.